The number of nitrogens with one attached hydrogen (secondary N) is 1. The fourth-order valence-electron chi connectivity index (χ4n) is 4.48. The molecule has 1 N–H and O–H groups in total. The molecule has 3 aromatic rings. The quantitative estimate of drug-likeness (QED) is 0.414. The molecule has 3 aromatic carbocycles. The number of hydrogen-bond donors (Lipinski definition) is 1. The van der Waals surface area contributed by atoms with Gasteiger partial charge in [-0.2, -0.15) is 5.10 Å². The van der Waals surface area contributed by atoms with Crippen LogP contribution >= 0.6 is 39.1 Å². The number of para-hydroxylation sites is 1. The molecule has 2 atom stereocenters. The van der Waals surface area contributed by atoms with Gasteiger partial charge in [-0.25, -0.2) is 0 Å². The summed E-state index contributed by atoms with van der Waals surface area (Å²) in [6.07, 6.45) is 0.895. The van der Waals surface area contributed by atoms with Crippen molar-refractivity contribution in [1.82, 2.24) is 5.43 Å². The lowest BCUT2D eigenvalue weighted by molar-refractivity contribution is -0.115. The van der Waals surface area contributed by atoms with Crippen molar-refractivity contribution in [3.63, 3.8) is 0 Å². The average molecular weight is 544 g/mol. The Morgan fingerprint density at radius 2 is 1.82 bits per heavy atom. The summed E-state index contributed by atoms with van der Waals surface area (Å²) in [5, 5.41) is 9.54. The van der Waals surface area contributed by atoms with Gasteiger partial charge in [0, 0.05) is 22.0 Å². The van der Waals surface area contributed by atoms with Crippen molar-refractivity contribution >= 4 is 62.1 Å². The van der Waals surface area contributed by atoms with Crippen LogP contribution < -0.4 is 15.4 Å². The van der Waals surface area contributed by atoms with E-state index in [1.807, 2.05) is 65.5 Å². The number of amides is 1. The molecule has 33 heavy (non-hydrogen) atoms. The predicted octanol–water partition coefficient (Wildman–Crippen LogP) is 6.40. The Bertz CT molecular complexity index is 1250. The van der Waals surface area contributed by atoms with Gasteiger partial charge >= 0.3 is 0 Å². The first kappa shape index (κ1) is 22.3. The minimum absolute atomic E-state index is 0.171. The molecule has 0 spiro atoms. The maximum absolute atomic E-state index is 13.4. The lowest BCUT2D eigenvalue weighted by Gasteiger charge is -2.27. The molecule has 1 amide bonds. The lowest BCUT2D eigenvalue weighted by Crippen LogP contribution is -2.45. The minimum Gasteiger partial charge on any atom is -0.285 e. The molecular formula is C25H21BrCl2N4O. The van der Waals surface area contributed by atoms with E-state index in [2.05, 4.69) is 27.4 Å². The zero-order valence-electron chi connectivity index (χ0n) is 17.8. The number of fused-ring (bicyclic) bond motifs is 1. The van der Waals surface area contributed by atoms with Crippen LogP contribution in [-0.2, 0) is 11.2 Å². The Morgan fingerprint density at radius 3 is 2.58 bits per heavy atom. The average Bonchev–Trinajstić information content (AvgIpc) is 3.36. The van der Waals surface area contributed by atoms with Crippen molar-refractivity contribution in [3.8, 4) is 0 Å². The molecule has 2 aliphatic heterocycles. The first-order chi connectivity index (χ1) is 15.9. The van der Waals surface area contributed by atoms with Gasteiger partial charge in [-0.1, -0.05) is 76.4 Å². The molecule has 0 saturated heterocycles. The molecule has 2 aliphatic rings. The Balaban J connectivity index is 1.49. The number of hydrogen-bond acceptors (Lipinski definition) is 4. The van der Waals surface area contributed by atoms with Crippen molar-refractivity contribution < 1.29 is 4.79 Å². The van der Waals surface area contributed by atoms with Crippen LogP contribution in [0.5, 0.6) is 0 Å². The Labute approximate surface area is 211 Å². The van der Waals surface area contributed by atoms with Crippen molar-refractivity contribution in [3.05, 3.63) is 92.4 Å². The van der Waals surface area contributed by atoms with Crippen LogP contribution in [0, 0.1) is 5.92 Å². The molecule has 0 radical (unpaired) electrons. The smallest absolute Gasteiger partial charge is 0.285 e. The zero-order valence-corrected chi connectivity index (χ0v) is 20.9. The van der Waals surface area contributed by atoms with Crippen LogP contribution in [0.25, 0.3) is 0 Å². The van der Waals surface area contributed by atoms with Gasteiger partial charge in [0.1, 0.15) is 5.71 Å². The molecular weight excluding hydrogens is 523 g/mol. The van der Waals surface area contributed by atoms with Crippen LogP contribution in [0.4, 0.5) is 11.4 Å². The van der Waals surface area contributed by atoms with E-state index in [9.17, 15) is 4.79 Å². The minimum atomic E-state index is -0.214. The van der Waals surface area contributed by atoms with Crippen LogP contribution in [0.15, 0.2) is 76.3 Å². The summed E-state index contributed by atoms with van der Waals surface area (Å²) in [5.74, 6) is -0.385. The molecule has 0 aromatic heterocycles. The van der Waals surface area contributed by atoms with Crippen molar-refractivity contribution in [1.29, 1.82) is 0 Å². The molecule has 8 heteroatoms. The fraction of sp³-hybridized carbons (Fsp3) is 0.200. The summed E-state index contributed by atoms with van der Waals surface area (Å²) >= 11 is 16.2. The van der Waals surface area contributed by atoms with E-state index in [4.69, 9.17) is 28.3 Å². The number of carbonyl (C=O) groups excluding carboxylic acids is 1. The van der Waals surface area contributed by atoms with Gasteiger partial charge in [0.2, 0.25) is 0 Å². The summed E-state index contributed by atoms with van der Waals surface area (Å²) in [5.41, 5.74) is 7.51. The molecule has 5 nitrogen and oxygen atoms in total. The number of benzene rings is 3. The Morgan fingerprint density at radius 1 is 1.06 bits per heavy atom. The van der Waals surface area contributed by atoms with Gasteiger partial charge in [0.25, 0.3) is 5.91 Å². The van der Waals surface area contributed by atoms with E-state index in [-0.39, 0.29) is 17.9 Å². The molecule has 0 bridgehead atoms. The standard InChI is InChI=1S/C25H21BrCl2N4O/c1-15-23(25(33)30-31-13-12-16-4-2-3-5-21(16)31)29-32(22-11-10-19(27)14-20(22)28)24(15)17-6-8-18(26)9-7-17/h2-11,14-15,24H,12-13H2,1H3,(H,30,33)/t15-,24-/m0/s1. The Kier molecular flexibility index (Phi) is 6.08. The van der Waals surface area contributed by atoms with E-state index in [0.717, 1.165) is 28.7 Å². The second-order valence-electron chi connectivity index (χ2n) is 8.18. The monoisotopic (exact) mass is 542 g/mol. The number of anilines is 2. The van der Waals surface area contributed by atoms with Gasteiger partial charge in [0.15, 0.2) is 0 Å². The second kappa shape index (κ2) is 9.01. The number of rotatable bonds is 4. The molecule has 0 aliphatic carbocycles. The van der Waals surface area contributed by atoms with Crippen LogP contribution in [0.1, 0.15) is 24.1 Å². The fourth-order valence-corrected chi connectivity index (χ4v) is 5.24. The highest BCUT2D eigenvalue weighted by molar-refractivity contribution is 9.10. The number of carbonyl (C=O) groups is 1. The summed E-state index contributed by atoms with van der Waals surface area (Å²) in [6.45, 7) is 2.75. The third kappa shape index (κ3) is 4.23. The van der Waals surface area contributed by atoms with Crippen molar-refractivity contribution in [2.24, 2.45) is 11.0 Å². The molecule has 168 valence electrons. The number of hydrazone groups is 1. The number of nitrogens with zero attached hydrogens (tertiary/aromatic N) is 3. The molecule has 0 saturated carbocycles. The van der Waals surface area contributed by atoms with Gasteiger partial charge in [-0.15, -0.1) is 0 Å². The normalized spacial score (nSPS) is 19.5. The molecule has 5 rings (SSSR count). The predicted molar refractivity (Wildman–Crippen MR) is 138 cm³/mol. The Hall–Kier alpha value is -2.54. The first-order valence-electron chi connectivity index (χ1n) is 10.7. The third-order valence-corrected chi connectivity index (χ3v) is 7.17. The lowest BCUT2D eigenvalue weighted by atomic mass is 9.91. The maximum atomic E-state index is 13.4. The molecule has 0 fully saturated rings. The highest BCUT2D eigenvalue weighted by Crippen LogP contribution is 2.42. The number of halogens is 3. The molecule has 2 heterocycles. The van der Waals surface area contributed by atoms with Crippen molar-refractivity contribution in [2.45, 2.75) is 19.4 Å². The highest BCUT2D eigenvalue weighted by Gasteiger charge is 2.40. The van der Waals surface area contributed by atoms with E-state index < -0.39 is 0 Å². The topological polar surface area (TPSA) is 47.9 Å². The van der Waals surface area contributed by atoms with Gasteiger partial charge in [-0.05, 0) is 53.9 Å². The summed E-state index contributed by atoms with van der Waals surface area (Å²) in [4.78, 5) is 13.4. The first-order valence-corrected chi connectivity index (χ1v) is 12.2. The maximum Gasteiger partial charge on any atom is 0.286 e. The van der Waals surface area contributed by atoms with Crippen molar-refractivity contribution in [2.75, 3.05) is 16.6 Å². The van der Waals surface area contributed by atoms with E-state index in [1.165, 1.54) is 5.56 Å². The van der Waals surface area contributed by atoms with Crippen LogP contribution in [0.2, 0.25) is 10.0 Å². The second-order valence-corrected chi connectivity index (χ2v) is 9.94. The summed E-state index contributed by atoms with van der Waals surface area (Å²) in [6, 6.07) is 21.3. The highest BCUT2D eigenvalue weighted by atomic mass is 79.9. The van der Waals surface area contributed by atoms with Gasteiger partial charge in [-0.3, -0.25) is 20.2 Å². The molecule has 0 unspecified atom stereocenters. The van der Waals surface area contributed by atoms with Gasteiger partial charge < -0.3 is 0 Å². The largest absolute Gasteiger partial charge is 0.286 e. The summed E-state index contributed by atoms with van der Waals surface area (Å²) in [7, 11) is 0. The third-order valence-electron chi connectivity index (χ3n) is 6.11. The summed E-state index contributed by atoms with van der Waals surface area (Å²) < 4.78 is 0.986. The van der Waals surface area contributed by atoms with Crippen LogP contribution in [0.3, 0.4) is 0 Å². The van der Waals surface area contributed by atoms with E-state index in [0.29, 0.717) is 21.4 Å². The zero-order chi connectivity index (χ0) is 23.1. The van der Waals surface area contributed by atoms with Gasteiger partial charge in [0.05, 0.1) is 22.4 Å². The van der Waals surface area contributed by atoms with E-state index >= 15 is 0 Å². The van der Waals surface area contributed by atoms with E-state index in [1.54, 1.807) is 12.1 Å². The SMILES string of the molecule is C[C@H]1C(C(=O)NN2CCc3ccccc32)=NN(c2ccc(Cl)cc2Cl)[C@@H]1c1ccc(Br)cc1. The number of hydrazine groups is 1. The van der Waals surface area contributed by atoms with Crippen LogP contribution in [-0.4, -0.2) is 18.2 Å².